The summed E-state index contributed by atoms with van der Waals surface area (Å²) < 4.78 is 6.09. The van der Waals surface area contributed by atoms with Crippen LogP contribution in [0.1, 0.15) is 72.1 Å². The molecule has 0 aromatic heterocycles. The monoisotopic (exact) mass is 320 g/mol. The summed E-state index contributed by atoms with van der Waals surface area (Å²) in [4.78, 5) is 12.1. The van der Waals surface area contributed by atoms with Gasteiger partial charge in [0.15, 0.2) is 0 Å². The van der Waals surface area contributed by atoms with Gasteiger partial charge in [0.25, 0.3) is 14.3 Å². The third kappa shape index (κ3) is 9.01. The number of hydrogen-bond acceptors (Lipinski definition) is 2. The van der Waals surface area contributed by atoms with Crippen molar-refractivity contribution in [2.75, 3.05) is 5.88 Å². The van der Waals surface area contributed by atoms with Gasteiger partial charge in [-0.05, 0) is 24.6 Å². The molecule has 0 aliphatic heterocycles. The van der Waals surface area contributed by atoms with Crippen molar-refractivity contribution in [2.45, 2.75) is 90.3 Å². The largest absolute Gasteiger partial charge is 0.519 e. The van der Waals surface area contributed by atoms with Crippen LogP contribution in [0.3, 0.4) is 0 Å². The van der Waals surface area contributed by atoms with Crippen molar-refractivity contribution in [3.8, 4) is 0 Å². The molecule has 0 aliphatic rings. The van der Waals surface area contributed by atoms with Gasteiger partial charge in [0.2, 0.25) is 0 Å². The fraction of sp³-hybridized carbons (Fsp3) is 0.938. The molecule has 0 rings (SSSR count). The maximum absolute atomic E-state index is 12.1. The summed E-state index contributed by atoms with van der Waals surface area (Å²) in [5, 5.41) is 0. The zero-order valence-corrected chi connectivity index (χ0v) is 15.4. The van der Waals surface area contributed by atoms with Crippen molar-refractivity contribution < 1.29 is 9.22 Å². The highest BCUT2D eigenvalue weighted by molar-refractivity contribution is 6.75. The van der Waals surface area contributed by atoms with Crippen LogP contribution in [0.5, 0.6) is 0 Å². The first kappa shape index (κ1) is 20.0. The number of alkyl halides is 1. The molecule has 0 spiro atoms. The molecule has 0 aromatic carbocycles. The number of carbonyl (C=O) groups excluding carboxylic acids is 1. The van der Waals surface area contributed by atoms with Crippen molar-refractivity contribution in [1.82, 2.24) is 0 Å². The highest BCUT2D eigenvalue weighted by atomic mass is 35.5. The Kier molecular flexibility index (Phi) is 12.7. The lowest BCUT2D eigenvalue weighted by Gasteiger charge is -2.31. The maximum atomic E-state index is 12.1. The molecule has 0 unspecified atom stereocenters. The fourth-order valence-electron chi connectivity index (χ4n) is 2.53. The Hall–Kier alpha value is -0.0231. The van der Waals surface area contributed by atoms with Crippen molar-refractivity contribution >= 4 is 25.9 Å². The van der Waals surface area contributed by atoms with Crippen molar-refractivity contribution in [3.05, 3.63) is 0 Å². The summed E-state index contributed by atoms with van der Waals surface area (Å²) in [7, 11) is -1.86. The van der Waals surface area contributed by atoms with Crippen molar-refractivity contribution in [1.29, 1.82) is 0 Å². The van der Waals surface area contributed by atoms with E-state index >= 15 is 0 Å². The Morgan fingerprint density at radius 2 is 1.35 bits per heavy atom. The Labute approximate surface area is 131 Å². The fourth-order valence-corrected chi connectivity index (χ4v) is 7.30. The number of halogens is 1. The number of unbranched alkanes of at least 4 members (excludes halogenated alkanes) is 3. The normalized spacial score (nSPS) is 11.6. The predicted molar refractivity (Wildman–Crippen MR) is 90.9 cm³/mol. The van der Waals surface area contributed by atoms with Crippen LogP contribution in [0.25, 0.3) is 0 Å². The molecule has 0 bridgehead atoms. The molecule has 0 aromatic rings. The van der Waals surface area contributed by atoms with E-state index < -0.39 is 8.32 Å². The van der Waals surface area contributed by atoms with Crippen LogP contribution in [0, 0.1) is 0 Å². The second kappa shape index (κ2) is 12.7. The van der Waals surface area contributed by atoms with Gasteiger partial charge in [0.05, 0.1) is 0 Å². The molecular formula is C16H33ClO2Si. The van der Waals surface area contributed by atoms with E-state index in [2.05, 4.69) is 20.8 Å². The van der Waals surface area contributed by atoms with Gasteiger partial charge in [-0.2, -0.15) is 0 Å². The smallest absolute Gasteiger partial charge is 0.292 e. The molecule has 0 atom stereocenters. The lowest BCUT2D eigenvalue weighted by Crippen LogP contribution is -2.40. The van der Waals surface area contributed by atoms with Gasteiger partial charge < -0.3 is 4.43 Å². The molecule has 0 heterocycles. The minimum absolute atomic E-state index is 0.000579. The number of rotatable bonds is 13. The minimum Gasteiger partial charge on any atom is -0.519 e. The second-order valence-corrected chi connectivity index (χ2v) is 10.2. The quantitative estimate of drug-likeness (QED) is 0.312. The van der Waals surface area contributed by atoms with E-state index in [1.807, 2.05) is 0 Å². The molecule has 0 N–H and O–H groups in total. The molecule has 120 valence electrons. The maximum Gasteiger partial charge on any atom is 0.292 e. The SMILES string of the molecule is CCCC[Si](CCCC)(CCCC)OC(=O)CCCCl. The third-order valence-corrected chi connectivity index (χ3v) is 8.53. The number of hydrogen-bond donors (Lipinski definition) is 0. The first-order valence-corrected chi connectivity index (χ1v) is 11.5. The Balaban J connectivity index is 4.68. The standard InChI is InChI=1S/C16H33ClO2Si/c1-4-7-13-20(14-8-5-2,15-9-6-3)19-16(18)11-10-12-17/h4-15H2,1-3H3. The van der Waals surface area contributed by atoms with Gasteiger partial charge in [0, 0.05) is 12.3 Å². The van der Waals surface area contributed by atoms with Crippen LogP contribution >= 0.6 is 11.6 Å². The van der Waals surface area contributed by atoms with E-state index in [0.29, 0.717) is 12.3 Å². The summed E-state index contributed by atoms with van der Waals surface area (Å²) in [5.74, 6) is 0.545. The lowest BCUT2D eigenvalue weighted by atomic mass is 10.3. The summed E-state index contributed by atoms with van der Waals surface area (Å²) >= 11 is 5.67. The molecule has 0 saturated carbocycles. The average Bonchev–Trinajstić information content (AvgIpc) is 2.46. The van der Waals surface area contributed by atoms with E-state index in [1.165, 1.54) is 38.5 Å². The molecule has 0 saturated heterocycles. The highest BCUT2D eigenvalue weighted by Crippen LogP contribution is 2.30. The van der Waals surface area contributed by atoms with E-state index in [1.54, 1.807) is 0 Å². The summed E-state index contributed by atoms with van der Waals surface area (Å²) in [6.07, 6.45) is 8.38. The van der Waals surface area contributed by atoms with Crippen molar-refractivity contribution in [2.24, 2.45) is 0 Å². The molecule has 0 fully saturated rings. The zero-order valence-electron chi connectivity index (χ0n) is 13.7. The Morgan fingerprint density at radius 3 is 1.70 bits per heavy atom. The van der Waals surface area contributed by atoms with E-state index in [4.69, 9.17) is 16.0 Å². The first-order valence-electron chi connectivity index (χ1n) is 8.42. The van der Waals surface area contributed by atoms with Gasteiger partial charge >= 0.3 is 0 Å². The predicted octanol–water partition coefficient (Wildman–Crippen LogP) is 5.89. The van der Waals surface area contributed by atoms with Crippen LogP contribution in [-0.2, 0) is 9.22 Å². The molecular weight excluding hydrogens is 288 g/mol. The summed E-state index contributed by atoms with van der Waals surface area (Å²) in [6.45, 7) is 6.65. The highest BCUT2D eigenvalue weighted by Gasteiger charge is 2.36. The molecule has 0 aliphatic carbocycles. The lowest BCUT2D eigenvalue weighted by molar-refractivity contribution is -0.135. The molecule has 4 heteroatoms. The van der Waals surface area contributed by atoms with Crippen LogP contribution in [0.4, 0.5) is 0 Å². The average molecular weight is 321 g/mol. The molecule has 2 nitrogen and oxygen atoms in total. The van der Waals surface area contributed by atoms with Gasteiger partial charge in [-0.15, -0.1) is 11.6 Å². The number of carbonyl (C=O) groups is 1. The summed E-state index contributed by atoms with van der Waals surface area (Å²) in [6, 6.07) is 3.45. The van der Waals surface area contributed by atoms with Crippen molar-refractivity contribution in [3.63, 3.8) is 0 Å². The summed E-state index contributed by atoms with van der Waals surface area (Å²) in [5.41, 5.74) is 0. The molecule has 20 heavy (non-hydrogen) atoms. The second-order valence-electron chi connectivity index (χ2n) is 5.76. The van der Waals surface area contributed by atoms with Crippen LogP contribution in [0.2, 0.25) is 18.1 Å². The van der Waals surface area contributed by atoms with E-state index in [9.17, 15) is 4.79 Å². The minimum atomic E-state index is -1.86. The Morgan fingerprint density at radius 1 is 0.900 bits per heavy atom. The van der Waals surface area contributed by atoms with Gasteiger partial charge in [-0.3, -0.25) is 4.79 Å². The van der Waals surface area contributed by atoms with Gasteiger partial charge in [0.1, 0.15) is 0 Å². The van der Waals surface area contributed by atoms with Crippen LogP contribution in [-0.4, -0.2) is 20.2 Å². The topological polar surface area (TPSA) is 26.3 Å². The van der Waals surface area contributed by atoms with E-state index in [-0.39, 0.29) is 5.97 Å². The third-order valence-electron chi connectivity index (χ3n) is 3.80. The van der Waals surface area contributed by atoms with Gasteiger partial charge in [-0.25, -0.2) is 0 Å². The van der Waals surface area contributed by atoms with E-state index in [0.717, 1.165) is 24.6 Å². The zero-order chi connectivity index (χ0) is 15.3. The molecule has 0 amide bonds. The van der Waals surface area contributed by atoms with Crippen LogP contribution in [0.15, 0.2) is 0 Å². The van der Waals surface area contributed by atoms with Gasteiger partial charge in [-0.1, -0.05) is 59.3 Å². The Bertz CT molecular complexity index is 225. The van der Waals surface area contributed by atoms with Crippen LogP contribution < -0.4 is 0 Å². The first-order chi connectivity index (χ1) is 9.64. The molecule has 0 radical (unpaired) electrons.